The zero-order valence-electron chi connectivity index (χ0n) is 20.0. The molecule has 34 heavy (non-hydrogen) atoms. The van der Waals surface area contributed by atoms with Crippen molar-refractivity contribution in [1.82, 2.24) is 10.2 Å². The molecule has 4 nitrogen and oxygen atoms in total. The predicted molar refractivity (Wildman–Crippen MR) is 139 cm³/mol. The van der Waals surface area contributed by atoms with Gasteiger partial charge in [0.25, 0.3) is 0 Å². The van der Waals surface area contributed by atoms with Crippen molar-refractivity contribution in [2.24, 2.45) is 0 Å². The summed E-state index contributed by atoms with van der Waals surface area (Å²) in [6.45, 7) is 4.99. The van der Waals surface area contributed by atoms with E-state index in [0.717, 1.165) is 23.1 Å². The third kappa shape index (κ3) is 7.74. The molecule has 0 spiro atoms. The van der Waals surface area contributed by atoms with Crippen molar-refractivity contribution in [2.75, 3.05) is 6.54 Å². The molecule has 0 saturated heterocycles. The van der Waals surface area contributed by atoms with Crippen LogP contribution in [0, 0.1) is 6.92 Å². The van der Waals surface area contributed by atoms with E-state index in [1.165, 1.54) is 5.56 Å². The van der Waals surface area contributed by atoms with Gasteiger partial charge in [-0.05, 0) is 48.6 Å². The van der Waals surface area contributed by atoms with E-state index in [4.69, 9.17) is 11.6 Å². The number of carbonyl (C=O) groups excluding carboxylic acids is 2. The van der Waals surface area contributed by atoms with Crippen molar-refractivity contribution < 1.29 is 9.59 Å². The molecule has 3 aromatic rings. The van der Waals surface area contributed by atoms with E-state index in [-0.39, 0.29) is 11.8 Å². The second kappa shape index (κ2) is 13.0. The largest absolute Gasteiger partial charge is 0.354 e. The summed E-state index contributed by atoms with van der Waals surface area (Å²) in [6.07, 6.45) is 2.26. The summed E-state index contributed by atoms with van der Waals surface area (Å²) < 4.78 is 0. The van der Waals surface area contributed by atoms with Gasteiger partial charge in [0.2, 0.25) is 11.8 Å². The Bertz CT molecular complexity index is 1050. The van der Waals surface area contributed by atoms with Crippen molar-refractivity contribution in [2.45, 2.75) is 52.1 Å². The second-order valence-electron chi connectivity index (χ2n) is 8.63. The third-order valence-electron chi connectivity index (χ3n) is 5.83. The summed E-state index contributed by atoms with van der Waals surface area (Å²) >= 11 is 6.07. The highest BCUT2D eigenvalue weighted by Crippen LogP contribution is 2.18. The van der Waals surface area contributed by atoms with E-state index in [1.807, 2.05) is 68.4 Å². The van der Waals surface area contributed by atoms with Crippen LogP contribution in [0.4, 0.5) is 0 Å². The Hall–Kier alpha value is -3.11. The molecular formula is C29H33ClN2O2. The lowest BCUT2D eigenvalue weighted by Crippen LogP contribution is -2.50. The number of hydrogen-bond donors (Lipinski definition) is 1. The van der Waals surface area contributed by atoms with Crippen LogP contribution in [0.15, 0.2) is 78.9 Å². The summed E-state index contributed by atoms with van der Waals surface area (Å²) in [5.41, 5.74) is 4.26. The number of halogens is 1. The number of carbonyl (C=O) groups is 2. The normalized spacial score (nSPS) is 11.6. The first-order valence-electron chi connectivity index (χ1n) is 11.9. The standard InChI is InChI=1S/C29H33ClN2O2/c1-3-19-31-29(34)27(20-24-7-5-4-6-8-24)32(21-25-13-16-26(30)17-14-25)28(33)18-15-23-11-9-22(2)10-12-23/h4-14,16-17,27H,3,15,18-21H2,1-2H3,(H,31,34). The maximum atomic E-state index is 13.6. The molecule has 0 bridgehead atoms. The molecule has 3 rings (SSSR count). The molecule has 0 aliphatic carbocycles. The minimum Gasteiger partial charge on any atom is -0.354 e. The highest BCUT2D eigenvalue weighted by atomic mass is 35.5. The van der Waals surface area contributed by atoms with E-state index in [9.17, 15) is 9.59 Å². The molecule has 0 radical (unpaired) electrons. The molecule has 5 heteroatoms. The van der Waals surface area contributed by atoms with Crippen molar-refractivity contribution in [3.8, 4) is 0 Å². The molecular weight excluding hydrogens is 444 g/mol. The predicted octanol–water partition coefficient (Wildman–Crippen LogP) is 5.75. The van der Waals surface area contributed by atoms with Crippen LogP contribution in [0.1, 0.15) is 42.0 Å². The van der Waals surface area contributed by atoms with Crippen LogP contribution < -0.4 is 5.32 Å². The van der Waals surface area contributed by atoms with E-state index in [2.05, 4.69) is 29.6 Å². The van der Waals surface area contributed by atoms with E-state index in [0.29, 0.717) is 37.4 Å². The number of nitrogens with one attached hydrogen (secondary N) is 1. The first-order chi connectivity index (χ1) is 16.5. The van der Waals surface area contributed by atoms with Crippen molar-refractivity contribution in [1.29, 1.82) is 0 Å². The van der Waals surface area contributed by atoms with Crippen LogP contribution >= 0.6 is 11.6 Å². The van der Waals surface area contributed by atoms with E-state index >= 15 is 0 Å². The lowest BCUT2D eigenvalue weighted by molar-refractivity contribution is -0.141. The van der Waals surface area contributed by atoms with Gasteiger partial charge in [-0.1, -0.05) is 90.8 Å². The first-order valence-corrected chi connectivity index (χ1v) is 12.2. The van der Waals surface area contributed by atoms with Crippen LogP contribution in [0.3, 0.4) is 0 Å². The van der Waals surface area contributed by atoms with Crippen LogP contribution in [-0.2, 0) is 29.0 Å². The lowest BCUT2D eigenvalue weighted by Gasteiger charge is -2.31. The Morgan fingerprint density at radius 2 is 1.53 bits per heavy atom. The van der Waals surface area contributed by atoms with Crippen LogP contribution in [0.25, 0.3) is 0 Å². The van der Waals surface area contributed by atoms with Gasteiger partial charge in [0.1, 0.15) is 6.04 Å². The highest BCUT2D eigenvalue weighted by molar-refractivity contribution is 6.30. The topological polar surface area (TPSA) is 49.4 Å². The number of aryl methyl sites for hydroxylation is 2. The Labute approximate surface area is 207 Å². The van der Waals surface area contributed by atoms with Gasteiger partial charge in [-0.15, -0.1) is 0 Å². The molecule has 0 aliphatic heterocycles. The van der Waals surface area contributed by atoms with Crippen LogP contribution in [-0.4, -0.2) is 29.3 Å². The second-order valence-corrected chi connectivity index (χ2v) is 9.07. The molecule has 0 aromatic heterocycles. The number of nitrogens with zero attached hydrogens (tertiary/aromatic N) is 1. The molecule has 0 fully saturated rings. The molecule has 0 aliphatic rings. The van der Waals surface area contributed by atoms with Crippen LogP contribution in [0.5, 0.6) is 0 Å². The SMILES string of the molecule is CCCNC(=O)C(Cc1ccccc1)N(Cc1ccc(Cl)cc1)C(=O)CCc1ccc(C)cc1. The Kier molecular flexibility index (Phi) is 9.72. The third-order valence-corrected chi connectivity index (χ3v) is 6.09. The van der Waals surface area contributed by atoms with E-state index < -0.39 is 6.04 Å². The number of rotatable bonds is 11. The van der Waals surface area contributed by atoms with E-state index in [1.54, 1.807) is 4.90 Å². The van der Waals surface area contributed by atoms with Crippen LogP contribution in [0.2, 0.25) is 5.02 Å². The molecule has 3 aromatic carbocycles. The van der Waals surface area contributed by atoms with Gasteiger partial charge in [0.15, 0.2) is 0 Å². The number of hydrogen-bond acceptors (Lipinski definition) is 2. The first kappa shape index (κ1) is 25.5. The van der Waals surface area contributed by atoms with Gasteiger partial charge >= 0.3 is 0 Å². The quantitative estimate of drug-likeness (QED) is 0.383. The van der Waals surface area contributed by atoms with Gasteiger partial charge < -0.3 is 10.2 Å². The summed E-state index contributed by atoms with van der Waals surface area (Å²) in [5, 5.41) is 3.65. The summed E-state index contributed by atoms with van der Waals surface area (Å²) in [4.78, 5) is 28.6. The minimum atomic E-state index is -0.602. The zero-order chi connectivity index (χ0) is 24.3. The zero-order valence-corrected chi connectivity index (χ0v) is 20.7. The Balaban J connectivity index is 1.87. The average molecular weight is 477 g/mol. The number of benzene rings is 3. The fraction of sp³-hybridized carbons (Fsp3) is 0.310. The molecule has 2 amide bonds. The molecule has 0 heterocycles. The van der Waals surface area contributed by atoms with Gasteiger partial charge in [-0.3, -0.25) is 9.59 Å². The maximum Gasteiger partial charge on any atom is 0.243 e. The fourth-order valence-electron chi connectivity index (χ4n) is 3.86. The Morgan fingerprint density at radius 1 is 0.882 bits per heavy atom. The lowest BCUT2D eigenvalue weighted by atomic mass is 10.0. The highest BCUT2D eigenvalue weighted by Gasteiger charge is 2.30. The fourth-order valence-corrected chi connectivity index (χ4v) is 3.98. The monoisotopic (exact) mass is 476 g/mol. The van der Waals surface area contributed by atoms with Gasteiger partial charge in [-0.2, -0.15) is 0 Å². The summed E-state index contributed by atoms with van der Waals surface area (Å²) in [5.74, 6) is -0.161. The molecule has 0 saturated carbocycles. The molecule has 1 unspecified atom stereocenters. The Morgan fingerprint density at radius 3 is 2.18 bits per heavy atom. The van der Waals surface area contributed by atoms with Crippen molar-refractivity contribution in [3.63, 3.8) is 0 Å². The maximum absolute atomic E-state index is 13.6. The minimum absolute atomic E-state index is 0.0388. The summed E-state index contributed by atoms with van der Waals surface area (Å²) in [6, 6.07) is 24.9. The molecule has 178 valence electrons. The average Bonchev–Trinajstić information content (AvgIpc) is 2.86. The van der Waals surface area contributed by atoms with Crippen molar-refractivity contribution in [3.05, 3.63) is 106 Å². The summed E-state index contributed by atoms with van der Waals surface area (Å²) in [7, 11) is 0. The van der Waals surface area contributed by atoms with Gasteiger partial charge in [0, 0.05) is 31.0 Å². The van der Waals surface area contributed by atoms with Crippen molar-refractivity contribution >= 4 is 23.4 Å². The smallest absolute Gasteiger partial charge is 0.243 e. The number of amides is 2. The molecule has 1 N–H and O–H groups in total. The molecule has 1 atom stereocenters. The van der Waals surface area contributed by atoms with Gasteiger partial charge in [-0.25, -0.2) is 0 Å². The van der Waals surface area contributed by atoms with Gasteiger partial charge in [0.05, 0.1) is 0 Å².